The molecule has 0 radical (unpaired) electrons. The van der Waals surface area contributed by atoms with Crippen molar-refractivity contribution in [2.75, 3.05) is 18.4 Å². The van der Waals surface area contributed by atoms with Gasteiger partial charge < -0.3 is 10.2 Å². The van der Waals surface area contributed by atoms with E-state index in [9.17, 15) is 14.9 Å². The van der Waals surface area contributed by atoms with Gasteiger partial charge in [-0.3, -0.25) is 9.59 Å². The van der Waals surface area contributed by atoms with Crippen LogP contribution in [0.4, 0.5) is 5.69 Å². The summed E-state index contributed by atoms with van der Waals surface area (Å²) in [7, 11) is 0. The zero-order valence-electron chi connectivity index (χ0n) is 16.6. The van der Waals surface area contributed by atoms with Gasteiger partial charge in [-0.2, -0.15) is 5.26 Å². The van der Waals surface area contributed by atoms with Crippen molar-refractivity contribution < 1.29 is 9.59 Å². The Hall–Kier alpha value is -3.39. The number of carbonyl (C=O) groups excluding carboxylic acids is 2. The van der Waals surface area contributed by atoms with Crippen LogP contribution in [0.15, 0.2) is 66.4 Å². The monoisotopic (exact) mass is 387 g/mol. The van der Waals surface area contributed by atoms with Crippen LogP contribution in [-0.4, -0.2) is 29.7 Å². The van der Waals surface area contributed by atoms with E-state index < -0.39 is 0 Å². The summed E-state index contributed by atoms with van der Waals surface area (Å²) in [6, 6.07) is 19.4. The molecule has 0 unspecified atom stereocenters. The Morgan fingerprint density at radius 2 is 1.86 bits per heavy atom. The highest BCUT2D eigenvalue weighted by Gasteiger charge is 2.25. The topological polar surface area (TPSA) is 73.2 Å². The summed E-state index contributed by atoms with van der Waals surface area (Å²) < 4.78 is 0. The molecule has 2 aromatic carbocycles. The van der Waals surface area contributed by atoms with E-state index in [0.717, 1.165) is 19.3 Å². The standard InChI is InChI=1S/C24H25N3O2/c1-18(28)21-8-5-9-23(15-21)26-17-22(16-25)24(29)27-12-10-20(11-13-27)14-19-6-3-2-4-7-19/h2-9,15,17,20,26H,10-14H2,1H3/b22-17-. The summed E-state index contributed by atoms with van der Waals surface area (Å²) in [5.74, 6) is 0.275. The number of hydrogen-bond acceptors (Lipinski definition) is 4. The number of Topliss-reactive ketones (excluding diaryl/α,β-unsaturated/α-hetero) is 1. The maximum Gasteiger partial charge on any atom is 0.266 e. The lowest BCUT2D eigenvalue weighted by molar-refractivity contribution is -0.128. The molecule has 1 aliphatic rings. The van der Waals surface area contributed by atoms with Gasteiger partial charge in [-0.05, 0) is 49.8 Å². The molecule has 0 saturated carbocycles. The van der Waals surface area contributed by atoms with E-state index in [0.29, 0.717) is 30.3 Å². The average Bonchev–Trinajstić information content (AvgIpc) is 2.75. The molecule has 2 aromatic rings. The number of nitrogens with zero attached hydrogens (tertiary/aromatic N) is 2. The Bertz CT molecular complexity index is 936. The van der Waals surface area contributed by atoms with E-state index in [4.69, 9.17) is 0 Å². The second-order valence-electron chi connectivity index (χ2n) is 7.38. The predicted molar refractivity (Wildman–Crippen MR) is 113 cm³/mol. The van der Waals surface area contributed by atoms with Gasteiger partial charge in [-0.25, -0.2) is 0 Å². The van der Waals surface area contributed by atoms with Crippen molar-refractivity contribution in [3.63, 3.8) is 0 Å². The van der Waals surface area contributed by atoms with E-state index in [2.05, 4.69) is 29.6 Å². The third-order valence-corrected chi connectivity index (χ3v) is 5.27. The minimum atomic E-state index is -0.249. The van der Waals surface area contributed by atoms with E-state index in [1.165, 1.54) is 18.7 Å². The molecule has 0 aliphatic carbocycles. The average molecular weight is 387 g/mol. The van der Waals surface area contributed by atoms with Crippen molar-refractivity contribution in [2.45, 2.75) is 26.2 Å². The number of nitriles is 1. The molecule has 1 heterocycles. The second kappa shape index (κ2) is 9.70. The Morgan fingerprint density at radius 1 is 1.14 bits per heavy atom. The lowest BCUT2D eigenvalue weighted by atomic mass is 9.90. The van der Waals surface area contributed by atoms with E-state index in [1.807, 2.05) is 12.1 Å². The zero-order valence-corrected chi connectivity index (χ0v) is 16.6. The maximum atomic E-state index is 12.7. The van der Waals surface area contributed by atoms with Crippen LogP contribution >= 0.6 is 0 Å². The van der Waals surface area contributed by atoms with Crippen LogP contribution in [0.3, 0.4) is 0 Å². The number of hydrogen-bond donors (Lipinski definition) is 1. The molecule has 0 spiro atoms. The SMILES string of the molecule is CC(=O)c1cccc(N/C=C(/C#N)C(=O)N2CCC(Cc3ccccc3)CC2)c1. The van der Waals surface area contributed by atoms with Crippen LogP contribution in [0, 0.1) is 17.2 Å². The molecule has 1 N–H and O–H groups in total. The number of anilines is 1. The molecule has 1 amide bonds. The first-order valence-corrected chi connectivity index (χ1v) is 9.88. The first kappa shape index (κ1) is 20.3. The molecule has 5 nitrogen and oxygen atoms in total. The number of benzene rings is 2. The minimum absolute atomic E-state index is 0.0346. The van der Waals surface area contributed by atoms with Gasteiger partial charge in [0.15, 0.2) is 5.78 Å². The molecule has 1 fully saturated rings. The van der Waals surface area contributed by atoms with Crippen LogP contribution in [0.5, 0.6) is 0 Å². The van der Waals surface area contributed by atoms with Gasteiger partial charge in [0.1, 0.15) is 11.6 Å². The Balaban J connectivity index is 1.57. The van der Waals surface area contributed by atoms with Crippen LogP contribution in [0.25, 0.3) is 0 Å². The van der Waals surface area contributed by atoms with Crippen molar-refractivity contribution in [3.8, 4) is 6.07 Å². The van der Waals surface area contributed by atoms with Crippen molar-refractivity contribution in [3.05, 3.63) is 77.5 Å². The summed E-state index contributed by atoms with van der Waals surface area (Å²) in [5, 5.41) is 12.4. The molecular weight excluding hydrogens is 362 g/mol. The molecule has 0 bridgehead atoms. The molecule has 0 aromatic heterocycles. The molecule has 3 rings (SSSR count). The Labute approximate surface area is 171 Å². The fraction of sp³-hybridized carbons (Fsp3) is 0.292. The first-order valence-electron chi connectivity index (χ1n) is 9.88. The third kappa shape index (κ3) is 5.55. The minimum Gasteiger partial charge on any atom is -0.360 e. The molecule has 1 aliphatic heterocycles. The highest BCUT2D eigenvalue weighted by atomic mass is 16.2. The second-order valence-corrected chi connectivity index (χ2v) is 7.38. The third-order valence-electron chi connectivity index (χ3n) is 5.27. The molecular formula is C24H25N3O2. The fourth-order valence-corrected chi connectivity index (χ4v) is 3.58. The molecule has 29 heavy (non-hydrogen) atoms. The normalized spacial score (nSPS) is 14.9. The van der Waals surface area contributed by atoms with Gasteiger partial charge in [0.25, 0.3) is 5.91 Å². The highest BCUT2D eigenvalue weighted by Crippen LogP contribution is 2.22. The van der Waals surface area contributed by atoms with Crippen LogP contribution < -0.4 is 5.32 Å². The number of amides is 1. The van der Waals surface area contributed by atoms with Gasteiger partial charge in [0.2, 0.25) is 0 Å². The van der Waals surface area contributed by atoms with E-state index in [1.54, 1.807) is 29.2 Å². The van der Waals surface area contributed by atoms with Crippen molar-refractivity contribution in [1.29, 1.82) is 5.26 Å². The summed E-state index contributed by atoms with van der Waals surface area (Å²) in [6.07, 6.45) is 4.33. The molecule has 1 saturated heterocycles. The van der Waals surface area contributed by atoms with E-state index in [-0.39, 0.29) is 17.3 Å². The fourth-order valence-electron chi connectivity index (χ4n) is 3.58. The van der Waals surface area contributed by atoms with Crippen molar-refractivity contribution in [1.82, 2.24) is 4.90 Å². The van der Waals surface area contributed by atoms with Crippen LogP contribution in [0.2, 0.25) is 0 Å². The lowest BCUT2D eigenvalue weighted by Crippen LogP contribution is -2.39. The Morgan fingerprint density at radius 3 is 2.52 bits per heavy atom. The van der Waals surface area contributed by atoms with E-state index >= 15 is 0 Å². The number of likely N-dealkylation sites (tertiary alicyclic amines) is 1. The largest absolute Gasteiger partial charge is 0.360 e. The summed E-state index contributed by atoms with van der Waals surface area (Å²) >= 11 is 0. The maximum absolute atomic E-state index is 12.7. The summed E-state index contributed by atoms with van der Waals surface area (Å²) in [6.45, 7) is 2.82. The Kier molecular flexibility index (Phi) is 6.80. The molecule has 0 atom stereocenters. The quantitative estimate of drug-likeness (QED) is 0.458. The van der Waals surface area contributed by atoms with Crippen molar-refractivity contribution in [2.24, 2.45) is 5.92 Å². The van der Waals surface area contributed by atoms with Gasteiger partial charge in [-0.15, -0.1) is 0 Å². The summed E-state index contributed by atoms with van der Waals surface area (Å²) in [4.78, 5) is 26.0. The number of piperidine rings is 1. The predicted octanol–water partition coefficient (Wildman–Crippen LogP) is 4.19. The smallest absolute Gasteiger partial charge is 0.266 e. The first-order chi connectivity index (χ1) is 14.1. The lowest BCUT2D eigenvalue weighted by Gasteiger charge is -2.32. The van der Waals surface area contributed by atoms with Gasteiger partial charge in [0, 0.05) is 30.5 Å². The molecule has 148 valence electrons. The van der Waals surface area contributed by atoms with Gasteiger partial charge in [-0.1, -0.05) is 42.5 Å². The van der Waals surface area contributed by atoms with Crippen LogP contribution in [0.1, 0.15) is 35.7 Å². The molecule has 5 heteroatoms. The van der Waals surface area contributed by atoms with Gasteiger partial charge >= 0.3 is 0 Å². The number of nitrogens with one attached hydrogen (secondary N) is 1. The number of carbonyl (C=O) groups is 2. The van der Waals surface area contributed by atoms with Crippen LogP contribution in [-0.2, 0) is 11.2 Å². The zero-order chi connectivity index (χ0) is 20.6. The van der Waals surface area contributed by atoms with Crippen molar-refractivity contribution >= 4 is 17.4 Å². The number of rotatable bonds is 6. The summed E-state index contributed by atoms with van der Waals surface area (Å²) in [5.41, 5.74) is 2.64. The van der Waals surface area contributed by atoms with Gasteiger partial charge in [0.05, 0.1) is 0 Å². The highest BCUT2D eigenvalue weighted by molar-refractivity contribution is 5.98. The number of ketones is 1.